The summed E-state index contributed by atoms with van der Waals surface area (Å²) >= 11 is 0. The molecular weight excluding hydrogens is 360 g/mol. The molecule has 6 nitrogen and oxygen atoms in total. The summed E-state index contributed by atoms with van der Waals surface area (Å²) in [5.41, 5.74) is 5.66. The molecule has 1 aliphatic carbocycles. The molecule has 142 valence electrons. The van der Waals surface area contributed by atoms with Crippen molar-refractivity contribution in [2.24, 2.45) is 5.41 Å². The van der Waals surface area contributed by atoms with E-state index in [0.29, 0.717) is 5.78 Å². The van der Waals surface area contributed by atoms with Gasteiger partial charge in [0.1, 0.15) is 11.8 Å². The minimum Gasteiger partial charge on any atom is -0.324 e. The van der Waals surface area contributed by atoms with Crippen molar-refractivity contribution in [1.29, 1.82) is 0 Å². The first-order valence-corrected chi connectivity index (χ1v) is 10.1. The number of rotatable bonds is 1. The zero-order valence-corrected chi connectivity index (χ0v) is 16.3. The van der Waals surface area contributed by atoms with Crippen LogP contribution in [0.25, 0.3) is 16.8 Å². The van der Waals surface area contributed by atoms with Crippen LogP contribution in [0.5, 0.6) is 0 Å². The SMILES string of the molecule is CC1(C#Cc2cccc3c2CCCN3c2nc3nncn3c3cccnc23)CC1. The topological polar surface area (TPSA) is 59.2 Å². The van der Waals surface area contributed by atoms with Crippen LogP contribution in [0.1, 0.15) is 37.3 Å². The first kappa shape index (κ1) is 16.5. The zero-order chi connectivity index (χ0) is 19.4. The van der Waals surface area contributed by atoms with Crippen LogP contribution >= 0.6 is 0 Å². The lowest BCUT2D eigenvalue weighted by Gasteiger charge is -2.31. The molecule has 0 amide bonds. The van der Waals surface area contributed by atoms with Crippen LogP contribution in [0.4, 0.5) is 11.5 Å². The molecule has 6 heteroatoms. The molecule has 4 aromatic rings. The van der Waals surface area contributed by atoms with Gasteiger partial charge < -0.3 is 4.90 Å². The first-order valence-electron chi connectivity index (χ1n) is 10.1. The molecule has 1 saturated carbocycles. The fraction of sp³-hybridized carbons (Fsp3) is 0.304. The van der Waals surface area contributed by atoms with E-state index in [-0.39, 0.29) is 5.41 Å². The van der Waals surface area contributed by atoms with Gasteiger partial charge in [-0.1, -0.05) is 17.9 Å². The number of anilines is 2. The minimum atomic E-state index is 0.220. The number of benzene rings is 1. The van der Waals surface area contributed by atoms with E-state index in [0.717, 1.165) is 41.8 Å². The number of hydrogen-bond acceptors (Lipinski definition) is 5. The van der Waals surface area contributed by atoms with Crippen molar-refractivity contribution in [2.45, 2.75) is 32.6 Å². The maximum atomic E-state index is 4.83. The molecule has 3 aromatic heterocycles. The van der Waals surface area contributed by atoms with E-state index in [1.165, 1.54) is 24.1 Å². The Bertz CT molecular complexity index is 1320. The monoisotopic (exact) mass is 380 g/mol. The van der Waals surface area contributed by atoms with E-state index < -0.39 is 0 Å². The molecule has 0 unspecified atom stereocenters. The van der Waals surface area contributed by atoms with Gasteiger partial charge in [-0.25, -0.2) is 0 Å². The standard InChI is InChI=1S/C23H20N6/c1-23(11-12-23)10-9-16-5-2-7-18-17(16)6-4-14-28(18)21-20-19(8-3-13-24-20)29-15-25-27-22(29)26-21/h2-3,5,7-8,13,15H,4,6,11-12,14H2,1H3. The van der Waals surface area contributed by atoms with Gasteiger partial charge in [0.15, 0.2) is 5.82 Å². The van der Waals surface area contributed by atoms with Crippen molar-refractivity contribution in [1.82, 2.24) is 24.6 Å². The van der Waals surface area contributed by atoms with Crippen LogP contribution in [0, 0.1) is 17.3 Å². The number of pyridine rings is 1. The molecule has 0 saturated heterocycles. The zero-order valence-electron chi connectivity index (χ0n) is 16.3. The lowest BCUT2D eigenvalue weighted by molar-refractivity contribution is 0.758. The van der Waals surface area contributed by atoms with Crippen molar-refractivity contribution in [3.05, 3.63) is 54.0 Å². The summed E-state index contributed by atoms with van der Waals surface area (Å²) in [7, 11) is 0. The third kappa shape index (κ3) is 2.65. The Morgan fingerprint density at radius 1 is 1.14 bits per heavy atom. The summed E-state index contributed by atoms with van der Waals surface area (Å²) in [5.74, 6) is 8.38. The predicted molar refractivity (Wildman–Crippen MR) is 112 cm³/mol. The Morgan fingerprint density at radius 2 is 2.07 bits per heavy atom. The minimum absolute atomic E-state index is 0.220. The van der Waals surface area contributed by atoms with Gasteiger partial charge in [-0.15, -0.1) is 10.2 Å². The Balaban J connectivity index is 1.54. The second-order valence-electron chi connectivity index (χ2n) is 8.18. The molecule has 0 spiro atoms. The van der Waals surface area contributed by atoms with Crippen LogP contribution in [0.15, 0.2) is 42.9 Å². The fourth-order valence-electron chi connectivity index (χ4n) is 4.07. The highest BCUT2D eigenvalue weighted by atomic mass is 15.3. The van der Waals surface area contributed by atoms with Crippen molar-refractivity contribution >= 4 is 28.3 Å². The van der Waals surface area contributed by atoms with Gasteiger partial charge in [-0.05, 0) is 62.4 Å². The lowest BCUT2D eigenvalue weighted by atomic mass is 9.95. The molecule has 0 atom stereocenters. The second kappa shape index (κ2) is 6.02. The predicted octanol–water partition coefficient (Wildman–Crippen LogP) is 3.91. The van der Waals surface area contributed by atoms with Gasteiger partial charge in [0.2, 0.25) is 0 Å². The average Bonchev–Trinajstić information content (AvgIpc) is 3.30. The normalized spacial score (nSPS) is 17.1. The van der Waals surface area contributed by atoms with Crippen molar-refractivity contribution in [3.63, 3.8) is 0 Å². The maximum Gasteiger partial charge on any atom is 0.257 e. The Labute approximate surface area is 168 Å². The van der Waals surface area contributed by atoms with Crippen LogP contribution < -0.4 is 4.90 Å². The van der Waals surface area contributed by atoms with E-state index >= 15 is 0 Å². The summed E-state index contributed by atoms with van der Waals surface area (Å²) in [4.78, 5) is 11.7. The molecule has 1 aromatic carbocycles. The summed E-state index contributed by atoms with van der Waals surface area (Å²) in [6.07, 6.45) is 8.00. The van der Waals surface area contributed by atoms with E-state index in [9.17, 15) is 0 Å². The van der Waals surface area contributed by atoms with Crippen molar-refractivity contribution < 1.29 is 0 Å². The largest absolute Gasteiger partial charge is 0.324 e. The van der Waals surface area contributed by atoms with Gasteiger partial charge in [0, 0.05) is 29.4 Å². The van der Waals surface area contributed by atoms with Crippen LogP contribution in [-0.4, -0.2) is 31.1 Å². The van der Waals surface area contributed by atoms with Crippen LogP contribution in [-0.2, 0) is 6.42 Å². The summed E-state index contributed by atoms with van der Waals surface area (Å²) in [5, 5.41) is 8.22. The Morgan fingerprint density at radius 3 is 2.97 bits per heavy atom. The van der Waals surface area contributed by atoms with Crippen LogP contribution in [0.2, 0.25) is 0 Å². The molecule has 4 heterocycles. The third-order valence-electron chi connectivity index (χ3n) is 6.00. The number of fused-ring (bicyclic) bond motifs is 4. The van der Waals surface area contributed by atoms with E-state index in [4.69, 9.17) is 4.98 Å². The van der Waals surface area contributed by atoms with Crippen LogP contribution in [0.3, 0.4) is 0 Å². The molecule has 0 N–H and O–H groups in total. The van der Waals surface area contributed by atoms with Crippen molar-refractivity contribution in [3.8, 4) is 11.8 Å². The van der Waals surface area contributed by atoms with Gasteiger partial charge in [0.05, 0.1) is 5.52 Å². The lowest BCUT2D eigenvalue weighted by Crippen LogP contribution is -2.26. The smallest absolute Gasteiger partial charge is 0.257 e. The number of aromatic nitrogens is 5. The molecular formula is C23H20N6. The van der Waals surface area contributed by atoms with Gasteiger partial charge >= 0.3 is 0 Å². The summed E-state index contributed by atoms with van der Waals surface area (Å²) in [6.45, 7) is 3.14. The summed E-state index contributed by atoms with van der Waals surface area (Å²) < 4.78 is 1.88. The van der Waals surface area contributed by atoms with E-state index in [1.54, 1.807) is 6.33 Å². The highest BCUT2D eigenvalue weighted by molar-refractivity contribution is 5.90. The number of hydrogen-bond donors (Lipinski definition) is 0. The quantitative estimate of drug-likeness (QED) is 0.469. The van der Waals surface area contributed by atoms with E-state index in [2.05, 4.69) is 57.0 Å². The van der Waals surface area contributed by atoms with Gasteiger partial charge in [-0.3, -0.25) is 9.38 Å². The Hall–Kier alpha value is -3.46. The second-order valence-corrected chi connectivity index (χ2v) is 8.18. The molecule has 0 bridgehead atoms. The molecule has 0 radical (unpaired) electrons. The Kier molecular flexibility index (Phi) is 3.42. The number of nitrogens with zero attached hydrogens (tertiary/aromatic N) is 6. The van der Waals surface area contributed by atoms with Gasteiger partial charge in [0.25, 0.3) is 5.78 Å². The fourth-order valence-corrected chi connectivity index (χ4v) is 4.07. The third-order valence-corrected chi connectivity index (χ3v) is 6.00. The highest BCUT2D eigenvalue weighted by Crippen LogP contribution is 2.44. The summed E-state index contributed by atoms with van der Waals surface area (Å²) in [6, 6.07) is 10.4. The molecule has 1 aliphatic heterocycles. The van der Waals surface area contributed by atoms with Gasteiger partial charge in [-0.2, -0.15) is 4.98 Å². The average molecular weight is 380 g/mol. The molecule has 6 rings (SSSR count). The van der Waals surface area contributed by atoms with E-state index in [1.807, 2.05) is 22.7 Å². The first-order chi connectivity index (χ1) is 14.2. The molecule has 1 fully saturated rings. The molecule has 2 aliphatic rings. The maximum absolute atomic E-state index is 4.83. The molecule has 29 heavy (non-hydrogen) atoms. The highest BCUT2D eigenvalue weighted by Gasteiger charge is 2.35. The van der Waals surface area contributed by atoms with Crippen molar-refractivity contribution in [2.75, 3.05) is 11.4 Å².